The minimum absolute atomic E-state index is 0.136. The van der Waals surface area contributed by atoms with Crippen LogP contribution in [0.3, 0.4) is 0 Å². The standard InChI is InChI=1S/C20H17FN6O/c21-16-10-14(12-22)3-4-19(16)26-6-8-27(9-7-26)20(28)18-11-17(24-25-18)15-2-1-5-23-13-15/h1-5,10-11,13H,6-9H2,(H,24,25). The van der Waals surface area contributed by atoms with Crippen LogP contribution in [-0.2, 0) is 0 Å². The summed E-state index contributed by atoms with van der Waals surface area (Å²) >= 11 is 0. The highest BCUT2D eigenvalue weighted by molar-refractivity contribution is 5.93. The van der Waals surface area contributed by atoms with Gasteiger partial charge in [0.15, 0.2) is 0 Å². The van der Waals surface area contributed by atoms with Gasteiger partial charge in [0.25, 0.3) is 5.91 Å². The van der Waals surface area contributed by atoms with Crippen molar-refractivity contribution >= 4 is 11.6 Å². The molecule has 0 spiro atoms. The summed E-state index contributed by atoms with van der Waals surface area (Å²) < 4.78 is 14.2. The van der Waals surface area contributed by atoms with E-state index in [1.807, 2.05) is 23.1 Å². The van der Waals surface area contributed by atoms with E-state index in [2.05, 4.69) is 15.2 Å². The van der Waals surface area contributed by atoms with E-state index < -0.39 is 5.82 Å². The first-order valence-corrected chi connectivity index (χ1v) is 8.85. The van der Waals surface area contributed by atoms with Crippen molar-refractivity contribution in [2.75, 3.05) is 31.1 Å². The zero-order chi connectivity index (χ0) is 19.5. The van der Waals surface area contributed by atoms with E-state index in [0.717, 1.165) is 5.56 Å². The second-order valence-electron chi connectivity index (χ2n) is 6.47. The lowest BCUT2D eigenvalue weighted by Crippen LogP contribution is -2.49. The van der Waals surface area contributed by atoms with Crippen LogP contribution < -0.4 is 4.90 Å². The predicted octanol–water partition coefficient (Wildman–Crippen LogP) is 2.44. The maximum absolute atomic E-state index is 14.2. The second-order valence-corrected chi connectivity index (χ2v) is 6.47. The van der Waals surface area contributed by atoms with Crippen LogP contribution in [0.2, 0.25) is 0 Å². The molecule has 2 aromatic heterocycles. The number of amides is 1. The Labute approximate surface area is 161 Å². The molecule has 0 saturated carbocycles. The highest BCUT2D eigenvalue weighted by Gasteiger charge is 2.25. The van der Waals surface area contributed by atoms with Gasteiger partial charge in [-0.2, -0.15) is 10.4 Å². The average molecular weight is 376 g/mol. The van der Waals surface area contributed by atoms with Gasteiger partial charge in [0.2, 0.25) is 0 Å². The minimum Gasteiger partial charge on any atom is -0.366 e. The van der Waals surface area contributed by atoms with E-state index in [-0.39, 0.29) is 5.91 Å². The molecule has 3 heterocycles. The van der Waals surface area contributed by atoms with Crippen LogP contribution in [0.25, 0.3) is 11.3 Å². The monoisotopic (exact) mass is 376 g/mol. The molecule has 1 amide bonds. The molecule has 140 valence electrons. The van der Waals surface area contributed by atoms with Gasteiger partial charge < -0.3 is 9.80 Å². The van der Waals surface area contributed by atoms with Crippen molar-refractivity contribution in [3.05, 3.63) is 65.9 Å². The Balaban J connectivity index is 1.42. The molecule has 1 aliphatic heterocycles. The number of nitrogens with one attached hydrogen (secondary N) is 1. The van der Waals surface area contributed by atoms with Crippen molar-refractivity contribution < 1.29 is 9.18 Å². The summed E-state index contributed by atoms with van der Waals surface area (Å²) in [6.45, 7) is 1.97. The summed E-state index contributed by atoms with van der Waals surface area (Å²) in [5, 5.41) is 15.8. The Kier molecular flexibility index (Phi) is 4.72. The van der Waals surface area contributed by atoms with Crippen molar-refractivity contribution in [1.82, 2.24) is 20.1 Å². The molecule has 1 fully saturated rings. The maximum Gasteiger partial charge on any atom is 0.272 e. The second kappa shape index (κ2) is 7.48. The van der Waals surface area contributed by atoms with E-state index in [0.29, 0.717) is 48.8 Å². The van der Waals surface area contributed by atoms with E-state index in [9.17, 15) is 9.18 Å². The quantitative estimate of drug-likeness (QED) is 0.758. The molecule has 1 aromatic carbocycles. The highest BCUT2D eigenvalue weighted by atomic mass is 19.1. The van der Waals surface area contributed by atoms with E-state index in [1.54, 1.807) is 35.5 Å². The molecular weight excluding hydrogens is 359 g/mol. The van der Waals surface area contributed by atoms with Gasteiger partial charge in [-0.3, -0.25) is 14.9 Å². The Morgan fingerprint density at radius 3 is 2.68 bits per heavy atom. The number of nitrogens with zero attached hydrogens (tertiary/aromatic N) is 5. The summed E-state index contributed by atoms with van der Waals surface area (Å²) in [5.74, 6) is -0.559. The number of hydrogen-bond acceptors (Lipinski definition) is 5. The van der Waals surface area contributed by atoms with Gasteiger partial charge in [-0.1, -0.05) is 0 Å². The Hall–Kier alpha value is -3.73. The summed E-state index contributed by atoms with van der Waals surface area (Å²) in [5.41, 5.74) is 2.65. The first kappa shape index (κ1) is 17.7. The van der Waals surface area contributed by atoms with Crippen molar-refractivity contribution in [3.63, 3.8) is 0 Å². The van der Waals surface area contributed by atoms with Crippen LogP contribution in [0.4, 0.5) is 10.1 Å². The smallest absolute Gasteiger partial charge is 0.272 e. The third-order valence-corrected chi connectivity index (χ3v) is 4.75. The van der Waals surface area contributed by atoms with Crippen molar-refractivity contribution in [1.29, 1.82) is 5.26 Å². The number of aromatic nitrogens is 3. The third kappa shape index (κ3) is 3.42. The Morgan fingerprint density at radius 2 is 2.00 bits per heavy atom. The number of piperazine rings is 1. The molecule has 1 aliphatic rings. The van der Waals surface area contributed by atoms with Gasteiger partial charge in [0, 0.05) is 44.1 Å². The molecule has 0 atom stereocenters. The zero-order valence-corrected chi connectivity index (χ0v) is 15.0. The van der Waals surface area contributed by atoms with Crippen molar-refractivity contribution in [2.45, 2.75) is 0 Å². The fourth-order valence-corrected chi connectivity index (χ4v) is 3.25. The molecule has 28 heavy (non-hydrogen) atoms. The topological polar surface area (TPSA) is 88.9 Å². The summed E-state index contributed by atoms with van der Waals surface area (Å²) in [6.07, 6.45) is 3.37. The van der Waals surface area contributed by atoms with E-state index in [1.165, 1.54) is 6.07 Å². The van der Waals surface area contributed by atoms with Crippen LogP contribution in [0, 0.1) is 17.1 Å². The van der Waals surface area contributed by atoms with Crippen LogP contribution in [0.15, 0.2) is 48.8 Å². The molecule has 1 saturated heterocycles. The molecule has 3 aromatic rings. The first-order chi connectivity index (χ1) is 13.7. The summed E-state index contributed by atoms with van der Waals surface area (Å²) in [4.78, 5) is 20.4. The van der Waals surface area contributed by atoms with Gasteiger partial charge in [0.1, 0.15) is 11.5 Å². The van der Waals surface area contributed by atoms with Gasteiger partial charge in [-0.15, -0.1) is 0 Å². The number of carbonyl (C=O) groups is 1. The minimum atomic E-state index is -0.423. The number of H-pyrrole nitrogens is 1. The lowest BCUT2D eigenvalue weighted by molar-refractivity contribution is 0.0740. The molecule has 0 aliphatic carbocycles. The molecule has 1 N–H and O–H groups in total. The maximum atomic E-state index is 14.2. The van der Waals surface area contributed by atoms with Gasteiger partial charge in [0.05, 0.1) is 23.0 Å². The van der Waals surface area contributed by atoms with Crippen molar-refractivity contribution in [3.8, 4) is 17.3 Å². The molecule has 8 heteroatoms. The van der Waals surface area contributed by atoms with Crippen LogP contribution in [0.1, 0.15) is 16.1 Å². The number of carbonyl (C=O) groups excluding carboxylic acids is 1. The number of halogens is 1. The molecule has 0 radical (unpaired) electrons. The molecule has 7 nitrogen and oxygen atoms in total. The van der Waals surface area contributed by atoms with Crippen LogP contribution in [0.5, 0.6) is 0 Å². The highest BCUT2D eigenvalue weighted by Crippen LogP contribution is 2.23. The van der Waals surface area contributed by atoms with Gasteiger partial charge in [-0.05, 0) is 36.4 Å². The molecule has 0 bridgehead atoms. The summed E-state index contributed by atoms with van der Waals surface area (Å²) in [7, 11) is 0. The SMILES string of the molecule is N#Cc1ccc(N2CCN(C(=O)c3cc(-c4cccnc4)n[nH]3)CC2)c(F)c1. The Morgan fingerprint density at radius 1 is 1.18 bits per heavy atom. The van der Waals surface area contributed by atoms with Gasteiger partial charge in [-0.25, -0.2) is 4.39 Å². The number of nitriles is 1. The van der Waals surface area contributed by atoms with E-state index >= 15 is 0 Å². The summed E-state index contributed by atoms with van der Waals surface area (Å²) in [6, 6.07) is 11.8. The molecule has 4 rings (SSSR count). The lowest BCUT2D eigenvalue weighted by atomic mass is 10.1. The van der Waals surface area contributed by atoms with Crippen LogP contribution >= 0.6 is 0 Å². The normalized spacial score (nSPS) is 14.0. The first-order valence-electron chi connectivity index (χ1n) is 8.85. The predicted molar refractivity (Wildman–Crippen MR) is 101 cm³/mol. The lowest BCUT2D eigenvalue weighted by Gasteiger charge is -2.36. The number of hydrogen-bond donors (Lipinski definition) is 1. The molecular formula is C20H17FN6O. The van der Waals surface area contributed by atoms with Gasteiger partial charge >= 0.3 is 0 Å². The Bertz CT molecular complexity index is 1030. The fourth-order valence-electron chi connectivity index (χ4n) is 3.25. The fraction of sp³-hybridized carbons (Fsp3) is 0.200. The number of benzene rings is 1. The average Bonchev–Trinajstić information content (AvgIpc) is 3.24. The third-order valence-electron chi connectivity index (χ3n) is 4.75. The number of anilines is 1. The number of rotatable bonds is 3. The zero-order valence-electron chi connectivity index (χ0n) is 15.0. The van der Waals surface area contributed by atoms with E-state index in [4.69, 9.17) is 5.26 Å². The number of aromatic amines is 1. The van der Waals surface area contributed by atoms with Crippen LogP contribution in [-0.4, -0.2) is 52.2 Å². The molecule has 0 unspecified atom stereocenters. The number of pyridine rings is 1. The largest absolute Gasteiger partial charge is 0.366 e. The van der Waals surface area contributed by atoms with Crippen molar-refractivity contribution in [2.24, 2.45) is 0 Å².